The Hall–Kier alpha value is -7.33. The Kier molecular flexibility index (Phi) is 14.0. The van der Waals surface area contributed by atoms with E-state index >= 15 is 0 Å². The van der Waals surface area contributed by atoms with Gasteiger partial charge in [0.05, 0.1) is 29.9 Å². The van der Waals surface area contributed by atoms with Gasteiger partial charge < -0.3 is 14.3 Å². The summed E-state index contributed by atoms with van der Waals surface area (Å²) in [6.07, 6.45) is 1.22. The summed E-state index contributed by atoms with van der Waals surface area (Å²) in [6.45, 7) is 1.80. The molecule has 7 aromatic rings. The first-order chi connectivity index (χ1) is 31.5. The Morgan fingerprint density at radius 1 is 0.453 bits per heavy atom. The second-order valence-corrected chi connectivity index (χ2v) is 15.6. The largest absolute Gasteiger partial charge is 0.493 e. The van der Waals surface area contributed by atoms with Crippen LogP contribution < -0.4 is 20.1 Å². The van der Waals surface area contributed by atoms with Gasteiger partial charge in [-0.25, -0.2) is 4.79 Å². The van der Waals surface area contributed by atoms with Crippen molar-refractivity contribution in [2.45, 2.75) is 36.8 Å². The first-order valence-electron chi connectivity index (χ1n) is 21.8. The quantitative estimate of drug-likeness (QED) is 0.0444. The summed E-state index contributed by atoms with van der Waals surface area (Å²) < 4.78 is 12.6. The molecule has 0 saturated carbocycles. The van der Waals surface area contributed by atoms with Gasteiger partial charge in [0, 0.05) is 18.9 Å². The minimum atomic E-state index is -0.862. The predicted octanol–water partition coefficient (Wildman–Crippen LogP) is 9.61. The highest BCUT2D eigenvalue weighted by Gasteiger charge is 2.37. The Morgan fingerprint density at radius 3 is 1.05 bits per heavy atom. The fraction of sp³-hybridized carbons (Fsp3) is 0.182. The van der Waals surface area contributed by atoms with Crippen LogP contribution >= 0.6 is 0 Å². The molecule has 0 unspecified atom stereocenters. The Bertz CT molecular complexity index is 2230. The number of hydrogen-bond acceptors (Lipinski definition) is 8. The van der Waals surface area contributed by atoms with Crippen LogP contribution in [0.4, 0.5) is 0 Å². The standard InChI is InChI=1S/C55H51N3O6/c59-51-33-34-52(60)58(51)64-53(61)42-39-49(62-37-19-35-56-54(43-21-7-1-8-22-43,44-23-9-2-10-24-44)45-25-11-3-12-26-45)41-50(40-42)63-38-20-36-57-55(46-27-13-4-14-28-46,47-29-15-5-16-30-47)48-31-17-6-18-32-48/h1-18,21-32,39-41,56-57H,19-20,33-38H2. The van der Waals surface area contributed by atoms with E-state index in [4.69, 9.17) is 14.3 Å². The predicted molar refractivity (Wildman–Crippen MR) is 248 cm³/mol. The van der Waals surface area contributed by atoms with Gasteiger partial charge >= 0.3 is 5.97 Å². The lowest BCUT2D eigenvalue weighted by molar-refractivity contribution is -0.172. The molecule has 9 heteroatoms. The first kappa shape index (κ1) is 43.3. The Labute approximate surface area is 374 Å². The number of carbonyl (C=O) groups is 3. The third kappa shape index (κ3) is 9.66. The lowest BCUT2D eigenvalue weighted by Crippen LogP contribution is -2.45. The van der Waals surface area contributed by atoms with E-state index in [1.165, 1.54) is 0 Å². The van der Waals surface area contributed by atoms with Gasteiger partial charge in [-0.3, -0.25) is 20.2 Å². The van der Waals surface area contributed by atoms with Crippen LogP contribution in [0.15, 0.2) is 200 Å². The SMILES string of the molecule is O=C(ON1C(=O)CCC1=O)c1cc(OCCCNC(c2ccccc2)(c2ccccc2)c2ccccc2)cc(OCCCNC(c2ccccc2)(c2ccccc2)c2ccccc2)c1. The lowest BCUT2D eigenvalue weighted by atomic mass is 9.77. The Balaban J connectivity index is 0.981. The van der Waals surface area contributed by atoms with E-state index in [-0.39, 0.29) is 18.4 Å². The highest BCUT2D eigenvalue weighted by Crippen LogP contribution is 2.38. The van der Waals surface area contributed by atoms with E-state index in [1.807, 2.05) is 36.4 Å². The minimum absolute atomic E-state index is 0.00803. The van der Waals surface area contributed by atoms with E-state index in [0.717, 1.165) is 33.4 Å². The van der Waals surface area contributed by atoms with Crippen LogP contribution in [0.3, 0.4) is 0 Å². The maximum Gasteiger partial charge on any atom is 0.364 e. The molecule has 0 bridgehead atoms. The molecule has 0 atom stereocenters. The highest BCUT2D eigenvalue weighted by molar-refractivity contribution is 6.02. The number of rotatable bonds is 20. The van der Waals surface area contributed by atoms with Gasteiger partial charge in [0.1, 0.15) is 11.5 Å². The molecule has 1 aliphatic heterocycles. The maximum absolute atomic E-state index is 13.5. The summed E-state index contributed by atoms with van der Waals surface area (Å²) in [5.41, 5.74) is 5.48. The molecule has 322 valence electrons. The van der Waals surface area contributed by atoms with Gasteiger partial charge in [-0.1, -0.05) is 182 Å². The van der Waals surface area contributed by atoms with Crippen molar-refractivity contribution in [2.24, 2.45) is 0 Å². The third-order valence-electron chi connectivity index (χ3n) is 11.5. The smallest absolute Gasteiger partial charge is 0.364 e. The molecule has 1 fully saturated rings. The monoisotopic (exact) mass is 849 g/mol. The fourth-order valence-electron chi connectivity index (χ4n) is 8.47. The molecule has 8 rings (SSSR count). The van der Waals surface area contributed by atoms with Crippen molar-refractivity contribution in [3.8, 4) is 11.5 Å². The van der Waals surface area contributed by atoms with E-state index in [1.54, 1.807) is 18.2 Å². The highest BCUT2D eigenvalue weighted by atomic mass is 16.7. The number of amides is 2. The first-order valence-corrected chi connectivity index (χ1v) is 21.8. The topological polar surface area (TPSA) is 106 Å². The molecule has 7 aromatic carbocycles. The van der Waals surface area contributed by atoms with Crippen LogP contribution in [0, 0.1) is 0 Å². The van der Waals surface area contributed by atoms with Crippen LogP contribution in [-0.4, -0.2) is 49.2 Å². The van der Waals surface area contributed by atoms with Gasteiger partial charge in [0.2, 0.25) is 0 Å². The number of nitrogens with zero attached hydrogens (tertiary/aromatic N) is 1. The zero-order valence-corrected chi connectivity index (χ0v) is 35.6. The average molecular weight is 850 g/mol. The molecular formula is C55H51N3O6. The molecule has 1 heterocycles. The normalized spacial score (nSPS) is 12.8. The molecule has 0 radical (unpaired) electrons. The summed E-state index contributed by atoms with van der Waals surface area (Å²) in [5, 5.41) is 8.32. The second kappa shape index (κ2) is 20.7. The number of benzene rings is 7. The molecule has 0 spiro atoms. The molecule has 1 saturated heterocycles. The van der Waals surface area contributed by atoms with Crippen LogP contribution in [0.5, 0.6) is 11.5 Å². The molecule has 64 heavy (non-hydrogen) atoms. The number of carbonyl (C=O) groups excluding carboxylic acids is 3. The van der Waals surface area contributed by atoms with E-state index < -0.39 is 28.9 Å². The van der Waals surface area contributed by atoms with E-state index in [0.29, 0.717) is 55.7 Å². The van der Waals surface area contributed by atoms with Crippen molar-refractivity contribution < 1.29 is 28.7 Å². The zero-order chi connectivity index (χ0) is 44.0. The van der Waals surface area contributed by atoms with Gasteiger partial charge in [0.25, 0.3) is 11.8 Å². The maximum atomic E-state index is 13.5. The van der Waals surface area contributed by atoms with Gasteiger partial charge in [0.15, 0.2) is 0 Å². The molecule has 1 aliphatic rings. The van der Waals surface area contributed by atoms with Crippen molar-refractivity contribution in [3.63, 3.8) is 0 Å². The molecule has 9 nitrogen and oxygen atoms in total. The second-order valence-electron chi connectivity index (χ2n) is 15.6. The van der Waals surface area contributed by atoms with Crippen LogP contribution in [0.1, 0.15) is 69.4 Å². The van der Waals surface area contributed by atoms with Gasteiger partial charge in [-0.15, -0.1) is 5.06 Å². The molecule has 2 N–H and O–H groups in total. The van der Waals surface area contributed by atoms with Crippen LogP contribution in [0.2, 0.25) is 0 Å². The number of hydrogen-bond donors (Lipinski definition) is 2. The number of hydroxylamine groups is 2. The minimum Gasteiger partial charge on any atom is -0.493 e. The van der Waals surface area contributed by atoms with Crippen LogP contribution in [0.25, 0.3) is 0 Å². The lowest BCUT2D eigenvalue weighted by Gasteiger charge is -2.37. The summed E-state index contributed by atoms with van der Waals surface area (Å²) >= 11 is 0. The number of imide groups is 1. The van der Waals surface area contributed by atoms with E-state index in [2.05, 4.69) is 156 Å². The summed E-state index contributed by atoms with van der Waals surface area (Å²) in [5.74, 6) is -1.20. The van der Waals surface area contributed by atoms with Crippen molar-refractivity contribution in [1.82, 2.24) is 15.7 Å². The van der Waals surface area contributed by atoms with Crippen molar-refractivity contribution in [3.05, 3.63) is 239 Å². The van der Waals surface area contributed by atoms with Crippen molar-refractivity contribution in [1.29, 1.82) is 0 Å². The third-order valence-corrected chi connectivity index (χ3v) is 11.5. The average Bonchev–Trinajstić information content (AvgIpc) is 3.67. The summed E-state index contributed by atoms with van der Waals surface area (Å²) in [4.78, 5) is 43.5. The molecular weight excluding hydrogens is 799 g/mol. The van der Waals surface area contributed by atoms with Crippen molar-refractivity contribution >= 4 is 17.8 Å². The molecule has 2 amide bonds. The molecule has 0 aliphatic carbocycles. The fourth-order valence-corrected chi connectivity index (χ4v) is 8.47. The van der Waals surface area contributed by atoms with Gasteiger partial charge in [-0.05, 0) is 71.4 Å². The summed E-state index contributed by atoms with van der Waals surface area (Å²) in [7, 11) is 0. The van der Waals surface area contributed by atoms with Crippen LogP contribution in [-0.2, 0) is 25.5 Å². The van der Waals surface area contributed by atoms with Gasteiger partial charge in [-0.2, -0.15) is 0 Å². The van der Waals surface area contributed by atoms with Crippen molar-refractivity contribution in [2.75, 3.05) is 26.3 Å². The molecule has 0 aromatic heterocycles. The Morgan fingerprint density at radius 2 is 0.750 bits per heavy atom. The number of ether oxygens (including phenoxy) is 2. The zero-order valence-electron chi connectivity index (χ0n) is 35.6. The number of nitrogens with one attached hydrogen (secondary N) is 2. The summed E-state index contributed by atoms with van der Waals surface area (Å²) in [6, 6.07) is 67.3. The van der Waals surface area contributed by atoms with E-state index in [9.17, 15) is 14.4 Å².